The molecule has 2 aromatic carbocycles. The van der Waals surface area contributed by atoms with Gasteiger partial charge in [0, 0.05) is 24.4 Å². The Morgan fingerprint density at radius 3 is 2.58 bits per heavy atom. The number of halogens is 2. The maximum atomic E-state index is 14.8. The molecule has 0 N–H and O–H groups in total. The number of carbonyl (C=O) groups excluding carboxylic acids is 1. The van der Waals surface area contributed by atoms with Gasteiger partial charge in [0.05, 0.1) is 16.3 Å². The van der Waals surface area contributed by atoms with Crippen LogP contribution in [0.1, 0.15) is 18.9 Å². The summed E-state index contributed by atoms with van der Waals surface area (Å²) in [6.07, 6.45) is 3.43. The molecule has 0 atom stereocenters. The highest BCUT2D eigenvalue weighted by Crippen LogP contribution is 2.44. The van der Waals surface area contributed by atoms with Crippen LogP contribution in [0.3, 0.4) is 0 Å². The smallest absolute Gasteiger partial charge is 0.247 e. The molecule has 0 saturated heterocycles. The van der Waals surface area contributed by atoms with Crippen molar-refractivity contribution in [1.29, 1.82) is 0 Å². The van der Waals surface area contributed by atoms with E-state index < -0.39 is 5.82 Å². The fourth-order valence-electron chi connectivity index (χ4n) is 3.37. The lowest BCUT2D eigenvalue weighted by Gasteiger charge is -2.21. The Bertz CT molecular complexity index is 1240. The summed E-state index contributed by atoms with van der Waals surface area (Å²) in [5, 5.41) is 4.56. The van der Waals surface area contributed by atoms with Crippen molar-refractivity contribution >= 4 is 29.1 Å². The molecule has 2 heterocycles. The molecule has 0 unspecified atom stereocenters. The molecular formula is C24H19ClFN3O2. The Balaban J connectivity index is 2.02. The Hall–Kier alpha value is -3.51. The van der Waals surface area contributed by atoms with Gasteiger partial charge >= 0.3 is 0 Å². The SMILES string of the molecule is CCC(=O)N(c1ccccc1Cl)c1onc(-c2cc(C)ccc2F)c1-c1ccncc1. The first-order valence-corrected chi connectivity index (χ1v) is 10.1. The van der Waals surface area contributed by atoms with Crippen LogP contribution in [-0.2, 0) is 4.79 Å². The standard InChI is InChI=1S/C24H19ClFN3O2/c1-3-21(30)29(20-7-5-4-6-18(20)25)24-22(16-10-12-27-13-11-16)23(28-31-24)17-14-15(2)8-9-19(17)26/h4-14H,3H2,1-2H3. The predicted molar refractivity (Wildman–Crippen MR) is 119 cm³/mol. The third kappa shape index (κ3) is 3.94. The lowest BCUT2D eigenvalue weighted by molar-refractivity contribution is -0.117. The monoisotopic (exact) mass is 435 g/mol. The van der Waals surface area contributed by atoms with Crippen LogP contribution in [-0.4, -0.2) is 16.0 Å². The van der Waals surface area contributed by atoms with Crippen LogP contribution in [0.15, 0.2) is 71.5 Å². The number of hydrogen-bond donors (Lipinski definition) is 0. The third-order valence-corrected chi connectivity index (χ3v) is 5.19. The van der Waals surface area contributed by atoms with Gasteiger partial charge in [0.15, 0.2) is 0 Å². The highest BCUT2D eigenvalue weighted by atomic mass is 35.5. The molecule has 0 aliphatic carbocycles. The summed E-state index contributed by atoms with van der Waals surface area (Å²) in [5.41, 5.74) is 3.07. The minimum atomic E-state index is -0.438. The third-order valence-electron chi connectivity index (χ3n) is 4.87. The number of aromatic nitrogens is 2. The average molecular weight is 436 g/mol. The summed E-state index contributed by atoms with van der Waals surface area (Å²) in [6, 6.07) is 15.3. The van der Waals surface area contributed by atoms with Crippen LogP contribution in [0.5, 0.6) is 0 Å². The quantitative estimate of drug-likeness (QED) is 0.355. The van der Waals surface area contributed by atoms with Crippen molar-refractivity contribution in [2.75, 3.05) is 4.90 Å². The highest BCUT2D eigenvalue weighted by molar-refractivity contribution is 6.34. The number of para-hydroxylation sites is 1. The molecule has 0 bridgehead atoms. The van der Waals surface area contributed by atoms with Crippen LogP contribution < -0.4 is 4.90 Å². The zero-order valence-corrected chi connectivity index (χ0v) is 17.7. The van der Waals surface area contributed by atoms with Gasteiger partial charge in [-0.15, -0.1) is 0 Å². The van der Waals surface area contributed by atoms with Crippen molar-refractivity contribution in [2.24, 2.45) is 0 Å². The predicted octanol–water partition coefficient (Wildman–Crippen LogP) is 6.58. The number of nitrogens with zero attached hydrogens (tertiary/aromatic N) is 3. The molecule has 31 heavy (non-hydrogen) atoms. The summed E-state index contributed by atoms with van der Waals surface area (Å²) in [4.78, 5) is 18.5. The van der Waals surface area contributed by atoms with Crippen LogP contribution in [0.4, 0.5) is 16.0 Å². The Labute approximate surface area is 184 Å². The van der Waals surface area contributed by atoms with Gasteiger partial charge in [-0.3, -0.25) is 9.78 Å². The Morgan fingerprint density at radius 2 is 1.87 bits per heavy atom. The molecule has 4 rings (SSSR count). The first-order chi connectivity index (χ1) is 15.0. The fourth-order valence-corrected chi connectivity index (χ4v) is 3.59. The molecule has 0 saturated carbocycles. The van der Waals surface area contributed by atoms with E-state index in [1.54, 1.807) is 67.8 Å². The second-order valence-electron chi connectivity index (χ2n) is 6.96. The van der Waals surface area contributed by atoms with E-state index in [-0.39, 0.29) is 23.8 Å². The van der Waals surface area contributed by atoms with E-state index in [1.165, 1.54) is 11.0 Å². The van der Waals surface area contributed by atoms with Gasteiger partial charge in [-0.2, -0.15) is 0 Å². The van der Waals surface area contributed by atoms with Gasteiger partial charge in [0.1, 0.15) is 11.5 Å². The van der Waals surface area contributed by atoms with Crippen LogP contribution >= 0.6 is 11.6 Å². The summed E-state index contributed by atoms with van der Waals surface area (Å²) >= 11 is 6.41. The highest BCUT2D eigenvalue weighted by Gasteiger charge is 2.30. The first kappa shape index (κ1) is 20.8. The lowest BCUT2D eigenvalue weighted by atomic mass is 9.99. The number of pyridine rings is 1. The topological polar surface area (TPSA) is 59.2 Å². The van der Waals surface area contributed by atoms with Gasteiger partial charge in [-0.1, -0.05) is 47.4 Å². The largest absolute Gasteiger partial charge is 0.336 e. The van der Waals surface area contributed by atoms with Gasteiger partial charge in [-0.25, -0.2) is 9.29 Å². The molecular weight excluding hydrogens is 417 g/mol. The normalized spacial score (nSPS) is 10.8. The molecule has 2 aromatic heterocycles. The first-order valence-electron chi connectivity index (χ1n) is 9.75. The maximum absolute atomic E-state index is 14.8. The van der Waals surface area contributed by atoms with Crippen LogP contribution in [0.2, 0.25) is 5.02 Å². The molecule has 0 radical (unpaired) electrons. The Morgan fingerprint density at radius 1 is 1.13 bits per heavy atom. The van der Waals surface area contributed by atoms with Crippen molar-refractivity contribution in [3.63, 3.8) is 0 Å². The van der Waals surface area contributed by atoms with E-state index in [0.29, 0.717) is 27.5 Å². The van der Waals surface area contributed by atoms with Gasteiger partial charge in [0.2, 0.25) is 11.8 Å². The van der Waals surface area contributed by atoms with E-state index in [2.05, 4.69) is 10.1 Å². The zero-order chi connectivity index (χ0) is 22.0. The minimum absolute atomic E-state index is 0.169. The summed E-state index contributed by atoms with van der Waals surface area (Å²) in [5.74, 6) is -0.509. The van der Waals surface area contributed by atoms with Gasteiger partial charge in [0.25, 0.3) is 0 Å². The Kier molecular flexibility index (Phi) is 5.82. The number of hydrogen-bond acceptors (Lipinski definition) is 4. The molecule has 0 aliphatic rings. The van der Waals surface area contributed by atoms with Crippen LogP contribution in [0, 0.1) is 12.7 Å². The summed E-state index contributed by atoms with van der Waals surface area (Å²) in [6.45, 7) is 3.61. The molecule has 5 nitrogen and oxygen atoms in total. The van der Waals surface area contributed by atoms with Crippen molar-refractivity contribution in [1.82, 2.24) is 10.1 Å². The van der Waals surface area contributed by atoms with E-state index in [4.69, 9.17) is 16.1 Å². The number of benzene rings is 2. The second kappa shape index (κ2) is 8.70. The molecule has 1 amide bonds. The molecule has 0 aliphatic heterocycles. The van der Waals surface area contributed by atoms with Crippen molar-refractivity contribution in [3.05, 3.63) is 83.4 Å². The van der Waals surface area contributed by atoms with E-state index in [0.717, 1.165) is 5.56 Å². The number of rotatable bonds is 5. The molecule has 4 aromatic rings. The molecule has 0 fully saturated rings. The lowest BCUT2D eigenvalue weighted by Crippen LogP contribution is -2.25. The average Bonchev–Trinajstić information content (AvgIpc) is 3.21. The van der Waals surface area contributed by atoms with Gasteiger partial charge in [-0.05, 0) is 48.9 Å². The maximum Gasteiger partial charge on any atom is 0.247 e. The fraction of sp³-hybridized carbons (Fsp3) is 0.125. The van der Waals surface area contributed by atoms with E-state index >= 15 is 0 Å². The van der Waals surface area contributed by atoms with Crippen molar-refractivity contribution in [3.8, 4) is 22.4 Å². The number of amides is 1. The molecule has 0 spiro atoms. The number of aryl methyl sites for hydroxylation is 1. The molecule has 156 valence electrons. The zero-order valence-electron chi connectivity index (χ0n) is 17.0. The summed E-state index contributed by atoms with van der Waals surface area (Å²) < 4.78 is 20.5. The van der Waals surface area contributed by atoms with Gasteiger partial charge < -0.3 is 4.52 Å². The minimum Gasteiger partial charge on any atom is -0.336 e. The second-order valence-corrected chi connectivity index (χ2v) is 7.37. The summed E-state index contributed by atoms with van der Waals surface area (Å²) in [7, 11) is 0. The number of carbonyl (C=O) groups is 1. The van der Waals surface area contributed by atoms with E-state index in [9.17, 15) is 9.18 Å². The van der Waals surface area contributed by atoms with E-state index in [1.807, 2.05) is 6.92 Å². The molecule has 7 heteroatoms. The van der Waals surface area contributed by atoms with Crippen LogP contribution in [0.25, 0.3) is 22.4 Å². The van der Waals surface area contributed by atoms with Crippen molar-refractivity contribution < 1.29 is 13.7 Å². The number of anilines is 2. The van der Waals surface area contributed by atoms with Crippen molar-refractivity contribution in [2.45, 2.75) is 20.3 Å².